The Morgan fingerprint density at radius 1 is 1.20 bits per heavy atom. The van der Waals surface area contributed by atoms with Gasteiger partial charge in [0.05, 0.1) is 0 Å². The monoisotopic (exact) mass is 208 g/mol. The molecule has 0 heterocycles. The predicted molar refractivity (Wildman–Crippen MR) is 68.0 cm³/mol. The summed E-state index contributed by atoms with van der Waals surface area (Å²) in [6.07, 6.45) is 6.07. The SMILES string of the molecule is CC(=N)/C=C/C(C)C(/C=C(\C)N)C(C)C. The maximum Gasteiger partial charge on any atom is 0.0279 e. The van der Waals surface area contributed by atoms with Gasteiger partial charge in [0.1, 0.15) is 0 Å². The summed E-state index contributed by atoms with van der Waals surface area (Å²) >= 11 is 0. The first-order chi connectivity index (χ1) is 6.84. The zero-order valence-electron chi connectivity index (χ0n) is 10.5. The molecule has 0 amide bonds. The molecule has 0 spiro atoms. The Kier molecular flexibility index (Phi) is 5.99. The lowest BCUT2D eigenvalue weighted by atomic mass is 9.83. The van der Waals surface area contributed by atoms with E-state index in [1.165, 1.54) is 0 Å². The van der Waals surface area contributed by atoms with Gasteiger partial charge in [0.25, 0.3) is 0 Å². The van der Waals surface area contributed by atoms with Gasteiger partial charge >= 0.3 is 0 Å². The van der Waals surface area contributed by atoms with Crippen LogP contribution < -0.4 is 5.73 Å². The lowest BCUT2D eigenvalue weighted by Crippen LogP contribution is -2.15. The van der Waals surface area contributed by atoms with Crippen LogP contribution in [0.2, 0.25) is 0 Å². The van der Waals surface area contributed by atoms with Gasteiger partial charge in [-0.1, -0.05) is 32.9 Å². The minimum atomic E-state index is 0.420. The van der Waals surface area contributed by atoms with Crippen molar-refractivity contribution in [2.75, 3.05) is 0 Å². The molecule has 0 aliphatic carbocycles. The number of allylic oxidation sites excluding steroid dienone is 4. The number of hydrogen-bond donors (Lipinski definition) is 2. The molecule has 0 fully saturated rings. The molecule has 0 aliphatic rings. The van der Waals surface area contributed by atoms with Crippen molar-refractivity contribution in [2.45, 2.75) is 34.6 Å². The Balaban J connectivity index is 4.63. The van der Waals surface area contributed by atoms with Crippen molar-refractivity contribution in [3.63, 3.8) is 0 Å². The maximum absolute atomic E-state index is 7.35. The lowest BCUT2D eigenvalue weighted by molar-refractivity contribution is 0.382. The number of rotatable bonds is 5. The first-order valence-electron chi connectivity index (χ1n) is 5.51. The van der Waals surface area contributed by atoms with Crippen LogP contribution in [0.15, 0.2) is 23.9 Å². The van der Waals surface area contributed by atoms with Crippen molar-refractivity contribution >= 4 is 5.71 Å². The van der Waals surface area contributed by atoms with E-state index in [4.69, 9.17) is 11.1 Å². The van der Waals surface area contributed by atoms with Crippen molar-refractivity contribution in [2.24, 2.45) is 23.5 Å². The van der Waals surface area contributed by atoms with Gasteiger partial charge < -0.3 is 11.1 Å². The van der Waals surface area contributed by atoms with Crippen LogP contribution in [-0.4, -0.2) is 5.71 Å². The zero-order chi connectivity index (χ0) is 12.0. The van der Waals surface area contributed by atoms with Gasteiger partial charge in [0, 0.05) is 11.4 Å². The fourth-order valence-corrected chi connectivity index (χ4v) is 1.68. The van der Waals surface area contributed by atoms with Gasteiger partial charge in [0.15, 0.2) is 0 Å². The molecule has 0 aromatic carbocycles. The Labute approximate surface area is 93.8 Å². The van der Waals surface area contributed by atoms with Crippen LogP contribution in [0.1, 0.15) is 34.6 Å². The van der Waals surface area contributed by atoms with E-state index in [0.29, 0.717) is 23.5 Å². The largest absolute Gasteiger partial charge is 0.403 e. The second-order valence-corrected chi connectivity index (χ2v) is 4.63. The van der Waals surface area contributed by atoms with Gasteiger partial charge in [-0.05, 0) is 37.7 Å². The summed E-state index contributed by atoms with van der Waals surface area (Å²) in [5, 5.41) is 7.35. The summed E-state index contributed by atoms with van der Waals surface area (Å²) in [6, 6.07) is 0. The minimum Gasteiger partial charge on any atom is -0.403 e. The summed E-state index contributed by atoms with van der Waals surface area (Å²) in [7, 11) is 0. The maximum atomic E-state index is 7.35. The highest BCUT2D eigenvalue weighted by Crippen LogP contribution is 2.24. The van der Waals surface area contributed by atoms with E-state index < -0.39 is 0 Å². The summed E-state index contributed by atoms with van der Waals surface area (Å²) in [5.74, 6) is 1.43. The molecule has 0 aliphatic heterocycles. The molecule has 0 bridgehead atoms. The first kappa shape index (κ1) is 13.9. The highest BCUT2D eigenvalue weighted by atomic mass is 14.5. The standard InChI is InChI=1S/C13H24N2/c1-9(2)13(8-12(5)15)10(3)6-7-11(4)14/h6-10,13-14H,15H2,1-5H3/b7-6+,12-8+,14-11?. The predicted octanol–water partition coefficient (Wildman–Crippen LogP) is 3.35. The Hall–Kier alpha value is -1.05. The Bertz CT molecular complexity index is 258. The fraction of sp³-hybridized carbons (Fsp3) is 0.615. The molecule has 0 saturated carbocycles. The number of hydrogen-bond acceptors (Lipinski definition) is 2. The highest BCUT2D eigenvalue weighted by molar-refractivity contribution is 5.89. The second kappa shape index (κ2) is 6.44. The average molecular weight is 208 g/mol. The summed E-state index contributed by atoms with van der Waals surface area (Å²) in [6.45, 7) is 10.3. The Morgan fingerprint density at radius 3 is 2.07 bits per heavy atom. The molecule has 0 rings (SSSR count). The normalized spacial score (nSPS) is 17.1. The summed E-state index contributed by atoms with van der Waals surface area (Å²) in [4.78, 5) is 0. The molecule has 2 nitrogen and oxygen atoms in total. The lowest BCUT2D eigenvalue weighted by Gasteiger charge is -2.22. The van der Waals surface area contributed by atoms with E-state index in [1.807, 2.05) is 13.0 Å². The fourth-order valence-electron chi connectivity index (χ4n) is 1.68. The Morgan fingerprint density at radius 2 is 1.73 bits per heavy atom. The van der Waals surface area contributed by atoms with Gasteiger partial charge in [-0.3, -0.25) is 0 Å². The van der Waals surface area contributed by atoms with Crippen LogP contribution in [0.25, 0.3) is 0 Å². The van der Waals surface area contributed by atoms with Gasteiger partial charge in [-0.15, -0.1) is 0 Å². The molecule has 0 saturated heterocycles. The van der Waals surface area contributed by atoms with Gasteiger partial charge in [0.2, 0.25) is 0 Å². The van der Waals surface area contributed by atoms with Crippen molar-refractivity contribution in [3.05, 3.63) is 23.9 Å². The van der Waals surface area contributed by atoms with Crippen molar-refractivity contribution in [1.82, 2.24) is 0 Å². The van der Waals surface area contributed by atoms with Crippen molar-refractivity contribution in [3.8, 4) is 0 Å². The molecule has 0 aromatic rings. The van der Waals surface area contributed by atoms with E-state index >= 15 is 0 Å². The third-order valence-corrected chi connectivity index (χ3v) is 2.48. The minimum absolute atomic E-state index is 0.420. The van der Waals surface area contributed by atoms with Crippen LogP contribution in [-0.2, 0) is 0 Å². The number of nitrogens with one attached hydrogen (secondary N) is 1. The van der Waals surface area contributed by atoms with Crippen LogP contribution in [0.4, 0.5) is 0 Å². The smallest absolute Gasteiger partial charge is 0.0279 e. The quantitative estimate of drug-likeness (QED) is 0.669. The molecular weight excluding hydrogens is 184 g/mol. The van der Waals surface area contributed by atoms with Crippen molar-refractivity contribution < 1.29 is 0 Å². The molecule has 2 heteroatoms. The number of nitrogens with two attached hydrogens (primary N) is 1. The van der Waals surface area contributed by atoms with E-state index in [2.05, 4.69) is 32.9 Å². The van der Waals surface area contributed by atoms with E-state index in [0.717, 1.165) is 5.70 Å². The van der Waals surface area contributed by atoms with Crippen LogP contribution in [0, 0.1) is 23.2 Å². The summed E-state index contributed by atoms with van der Waals surface area (Å²) in [5.41, 5.74) is 7.19. The molecule has 2 unspecified atom stereocenters. The second-order valence-electron chi connectivity index (χ2n) is 4.63. The van der Waals surface area contributed by atoms with E-state index in [9.17, 15) is 0 Å². The van der Waals surface area contributed by atoms with Gasteiger partial charge in [-0.2, -0.15) is 0 Å². The van der Waals surface area contributed by atoms with E-state index in [1.54, 1.807) is 6.92 Å². The molecule has 15 heavy (non-hydrogen) atoms. The molecule has 0 radical (unpaired) electrons. The third kappa shape index (κ3) is 6.10. The molecular formula is C13H24N2. The molecule has 0 aromatic heterocycles. The third-order valence-electron chi connectivity index (χ3n) is 2.48. The van der Waals surface area contributed by atoms with Crippen LogP contribution in [0.5, 0.6) is 0 Å². The van der Waals surface area contributed by atoms with E-state index in [-0.39, 0.29) is 0 Å². The topological polar surface area (TPSA) is 49.9 Å². The average Bonchev–Trinajstić information content (AvgIpc) is 2.09. The highest BCUT2D eigenvalue weighted by Gasteiger charge is 2.16. The summed E-state index contributed by atoms with van der Waals surface area (Å²) < 4.78 is 0. The molecule has 86 valence electrons. The van der Waals surface area contributed by atoms with Gasteiger partial charge in [-0.25, -0.2) is 0 Å². The van der Waals surface area contributed by atoms with Crippen LogP contribution >= 0.6 is 0 Å². The van der Waals surface area contributed by atoms with Crippen LogP contribution in [0.3, 0.4) is 0 Å². The molecule has 3 N–H and O–H groups in total. The first-order valence-corrected chi connectivity index (χ1v) is 5.51. The van der Waals surface area contributed by atoms with Crippen molar-refractivity contribution in [1.29, 1.82) is 5.41 Å². The zero-order valence-corrected chi connectivity index (χ0v) is 10.5. The molecule has 2 atom stereocenters.